The first-order chi connectivity index (χ1) is 9.49. The molecule has 0 saturated heterocycles. The molecular weight excluding hydrogens is 246 g/mol. The van der Waals surface area contributed by atoms with Crippen LogP contribution in [0.25, 0.3) is 0 Å². The highest BCUT2D eigenvalue weighted by atomic mass is 16.5. The van der Waals surface area contributed by atoms with Gasteiger partial charge in [-0.05, 0) is 47.9 Å². The molecule has 2 rings (SSSR count). The molecule has 0 unspecified atom stereocenters. The minimum Gasteiger partial charge on any atom is -0.457 e. The Labute approximate surface area is 121 Å². The van der Waals surface area contributed by atoms with E-state index in [2.05, 4.69) is 50.4 Å². The second-order valence-corrected chi connectivity index (χ2v) is 6.05. The predicted molar refractivity (Wildman–Crippen MR) is 84.4 cm³/mol. The molecule has 0 bridgehead atoms. The second-order valence-electron chi connectivity index (χ2n) is 6.05. The third-order valence-electron chi connectivity index (χ3n) is 3.24. The maximum atomic E-state index is 5.91. The number of ether oxygens (including phenoxy) is 1. The van der Waals surface area contributed by atoms with Gasteiger partial charge in [0.1, 0.15) is 11.5 Å². The Kier molecular flexibility index (Phi) is 4.46. The van der Waals surface area contributed by atoms with Crippen molar-refractivity contribution >= 4 is 0 Å². The van der Waals surface area contributed by atoms with E-state index in [0.717, 1.165) is 18.0 Å². The Bertz CT molecular complexity index is 552. The zero-order valence-electron chi connectivity index (χ0n) is 12.7. The fourth-order valence-corrected chi connectivity index (χ4v) is 2.08. The lowest BCUT2D eigenvalue weighted by molar-refractivity contribution is 0.480. The summed E-state index contributed by atoms with van der Waals surface area (Å²) >= 11 is 0. The van der Waals surface area contributed by atoms with Gasteiger partial charge in [-0.1, -0.05) is 45.0 Å². The van der Waals surface area contributed by atoms with Crippen LogP contribution in [0.2, 0.25) is 0 Å². The minimum atomic E-state index is 0.172. The molecule has 0 radical (unpaired) electrons. The molecule has 0 saturated carbocycles. The van der Waals surface area contributed by atoms with Crippen molar-refractivity contribution in [2.24, 2.45) is 0 Å². The maximum Gasteiger partial charge on any atom is 0.127 e. The summed E-state index contributed by atoms with van der Waals surface area (Å²) in [4.78, 5) is 0. The Morgan fingerprint density at radius 2 is 1.65 bits per heavy atom. The lowest BCUT2D eigenvalue weighted by Crippen LogP contribution is -2.10. The lowest BCUT2D eigenvalue weighted by atomic mass is 9.87. The molecule has 0 aliphatic rings. The van der Waals surface area contributed by atoms with Crippen LogP contribution in [0.4, 0.5) is 0 Å². The quantitative estimate of drug-likeness (QED) is 0.882. The number of benzene rings is 2. The fraction of sp³-hybridized carbons (Fsp3) is 0.333. The van der Waals surface area contributed by atoms with Gasteiger partial charge in [0, 0.05) is 6.54 Å². The van der Waals surface area contributed by atoms with Crippen LogP contribution in [-0.2, 0) is 12.0 Å². The zero-order valence-corrected chi connectivity index (χ0v) is 12.7. The minimum absolute atomic E-state index is 0.172. The van der Waals surface area contributed by atoms with E-state index in [-0.39, 0.29) is 5.41 Å². The van der Waals surface area contributed by atoms with Gasteiger partial charge < -0.3 is 10.1 Å². The molecule has 0 aliphatic carbocycles. The molecule has 2 aromatic rings. The molecule has 1 N–H and O–H groups in total. The number of rotatable bonds is 4. The average molecular weight is 269 g/mol. The second kappa shape index (κ2) is 6.10. The Balaban J connectivity index is 2.12. The van der Waals surface area contributed by atoms with Crippen LogP contribution in [0.1, 0.15) is 31.9 Å². The van der Waals surface area contributed by atoms with E-state index in [9.17, 15) is 0 Å². The van der Waals surface area contributed by atoms with Crippen molar-refractivity contribution in [2.75, 3.05) is 7.05 Å². The van der Waals surface area contributed by atoms with Gasteiger partial charge in [-0.25, -0.2) is 0 Å². The molecule has 0 aromatic heterocycles. The molecule has 0 atom stereocenters. The molecule has 2 aromatic carbocycles. The average Bonchev–Trinajstić information content (AvgIpc) is 2.39. The zero-order chi connectivity index (χ0) is 14.6. The summed E-state index contributed by atoms with van der Waals surface area (Å²) < 4.78 is 5.91. The highest BCUT2D eigenvalue weighted by molar-refractivity contribution is 5.36. The predicted octanol–water partition coefficient (Wildman–Crippen LogP) is 4.50. The van der Waals surface area contributed by atoms with Gasteiger partial charge in [-0.2, -0.15) is 0 Å². The summed E-state index contributed by atoms with van der Waals surface area (Å²) in [6, 6.07) is 16.5. The molecule has 20 heavy (non-hydrogen) atoms. The lowest BCUT2D eigenvalue weighted by Gasteiger charge is -2.19. The maximum absolute atomic E-state index is 5.91. The smallest absolute Gasteiger partial charge is 0.127 e. The Morgan fingerprint density at radius 1 is 0.950 bits per heavy atom. The van der Waals surface area contributed by atoms with E-state index < -0.39 is 0 Å². The largest absolute Gasteiger partial charge is 0.457 e. The summed E-state index contributed by atoms with van der Waals surface area (Å²) in [6.07, 6.45) is 0. The van der Waals surface area contributed by atoms with Gasteiger partial charge in [0.05, 0.1) is 0 Å². The van der Waals surface area contributed by atoms with Gasteiger partial charge in [-0.3, -0.25) is 0 Å². The number of hydrogen-bond acceptors (Lipinski definition) is 2. The summed E-state index contributed by atoms with van der Waals surface area (Å²) in [5, 5.41) is 3.14. The topological polar surface area (TPSA) is 21.3 Å². The molecule has 0 aliphatic heterocycles. The van der Waals surface area contributed by atoms with Crippen LogP contribution in [0.3, 0.4) is 0 Å². The standard InChI is InChI=1S/C18H23NO/c1-18(2,3)15-8-10-16(11-9-15)20-17-7-5-6-14(12-17)13-19-4/h5-12,19H,13H2,1-4H3. The van der Waals surface area contributed by atoms with Crippen molar-refractivity contribution in [3.05, 3.63) is 59.7 Å². The van der Waals surface area contributed by atoms with Crippen LogP contribution in [0, 0.1) is 0 Å². The summed E-state index contributed by atoms with van der Waals surface area (Å²) in [5.41, 5.74) is 2.70. The van der Waals surface area contributed by atoms with Crippen molar-refractivity contribution in [2.45, 2.75) is 32.7 Å². The third kappa shape index (κ3) is 3.84. The molecule has 0 amide bonds. The molecule has 0 spiro atoms. The Morgan fingerprint density at radius 3 is 2.25 bits per heavy atom. The van der Waals surface area contributed by atoms with E-state index in [1.807, 2.05) is 31.3 Å². The van der Waals surface area contributed by atoms with Gasteiger partial charge in [0.25, 0.3) is 0 Å². The monoisotopic (exact) mass is 269 g/mol. The van der Waals surface area contributed by atoms with Crippen LogP contribution in [-0.4, -0.2) is 7.05 Å². The van der Waals surface area contributed by atoms with Crippen LogP contribution in [0.5, 0.6) is 11.5 Å². The molecule has 0 heterocycles. The van der Waals surface area contributed by atoms with Crippen molar-refractivity contribution in [1.29, 1.82) is 0 Å². The Hall–Kier alpha value is -1.80. The van der Waals surface area contributed by atoms with Crippen molar-refractivity contribution in [1.82, 2.24) is 5.32 Å². The molecule has 2 nitrogen and oxygen atoms in total. The molecule has 106 valence electrons. The van der Waals surface area contributed by atoms with E-state index in [1.54, 1.807) is 0 Å². The highest BCUT2D eigenvalue weighted by Crippen LogP contribution is 2.27. The van der Waals surface area contributed by atoms with Gasteiger partial charge in [0.2, 0.25) is 0 Å². The third-order valence-corrected chi connectivity index (χ3v) is 3.24. The summed E-state index contributed by atoms with van der Waals surface area (Å²) in [6.45, 7) is 7.48. The van der Waals surface area contributed by atoms with Crippen molar-refractivity contribution in [3.63, 3.8) is 0 Å². The molecule has 2 heteroatoms. The first-order valence-electron chi connectivity index (χ1n) is 7.01. The van der Waals surface area contributed by atoms with Crippen LogP contribution >= 0.6 is 0 Å². The van der Waals surface area contributed by atoms with Gasteiger partial charge in [-0.15, -0.1) is 0 Å². The van der Waals surface area contributed by atoms with Gasteiger partial charge in [0.15, 0.2) is 0 Å². The molecule has 0 fully saturated rings. The van der Waals surface area contributed by atoms with E-state index in [4.69, 9.17) is 4.74 Å². The first kappa shape index (κ1) is 14.6. The number of nitrogens with one attached hydrogen (secondary N) is 1. The van der Waals surface area contributed by atoms with Crippen molar-refractivity contribution < 1.29 is 4.74 Å². The normalized spacial score (nSPS) is 11.4. The summed E-state index contributed by atoms with van der Waals surface area (Å²) in [7, 11) is 1.94. The van der Waals surface area contributed by atoms with Gasteiger partial charge >= 0.3 is 0 Å². The van der Waals surface area contributed by atoms with E-state index in [0.29, 0.717) is 0 Å². The van der Waals surface area contributed by atoms with Crippen molar-refractivity contribution in [3.8, 4) is 11.5 Å². The SMILES string of the molecule is CNCc1cccc(Oc2ccc(C(C)(C)C)cc2)c1. The van der Waals surface area contributed by atoms with Crippen LogP contribution < -0.4 is 10.1 Å². The molecular formula is C18H23NO. The fourth-order valence-electron chi connectivity index (χ4n) is 2.08. The highest BCUT2D eigenvalue weighted by Gasteiger charge is 2.13. The first-order valence-corrected chi connectivity index (χ1v) is 7.01. The van der Waals surface area contributed by atoms with E-state index >= 15 is 0 Å². The van der Waals surface area contributed by atoms with Crippen LogP contribution in [0.15, 0.2) is 48.5 Å². The van der Waals surface area contributed by atoms with E-state index in [1.165, 1.54) is 11.1 Å². The summed E-state index contributed by atoms with van der Waals surface area (Å²) in [5.74, 6) is 1.75. The number of hydrogen-bond donors (Lipinski definition) is 1.